The number of nitrogens with one attached hydrogen (secondary N) is 2. The van der Waals surface area contributed by atoms with Crippen molar-refractivity contribution in [3.05, 3.63) is 30.0 Å². The minimum atomic E-state index is -0.685. The van der Waals surface area contributed by atoms with E-state index in [1.807, 2.05) is 0 Å². The lowest BCUT2D eigenvalue weighted by Crippen LogP contribution is -2.23. The van der Waals surface area contributed by atoms with Crippen LogP contribution >= 0.6 is 11.7 Å². The van der Waals surface area contributed by atoms with Crippen molar-refractivity contribution in [1.82, 2.24) is 18.7 Å². The Hall–Kier alpha value is -3.34. The fraction of sp³-hybridized carbons (Fsp3) is 0.0769. The van der Waals surface area contributed by atoms with Gasteiger partial charge in [0.25, 0.3) is 5.91 Å². The number of carbonyl (C=O) groups excluding carboxylic acids is 2. The van der Waals surface area contributed by atoms with E-state index in [2.05, 4.69) is 29.3 Å². The predicted octanol–water partition coefficient (Wildman–Crippen LogP) is 0.221. The van der Waals surface area contributed by atoms with Gasteiger partial charge in [-0.25, -0.2) is 4.98 Å². The molecule has 24 heavy (non-hydrogen) atoms. The molecule has 10 nitrogen and oxygen atoms in total. The van der Waals surface area contributed by atoms with Gasteiger partial charge in [0, 0.05) is 11.9 Å². The maximum Gasteiger partial charge on any atom is 0.254 e. The third kappa shape index (κ3) is 3.35. The molecular formula is C13H12N8O2S. The number of nitrogens with zero attached hydrogens (tertiary/aromatic N) is 4. The van der Waals surface area contributed by atoms with Crippen LogP contribution in [0.5, 0.6) is 0 Å². The molecule has 0 aliphatic carbocycles. The highest BCUT2D eigenvalue weighted by Crippen LogP contribution is 2.22. The number of amides is 2. The van der Waals surface area contributed by atoms with E-state index in [0.29, 0.717) is 11.2 Å². The quantitative estimate of drug-likeness (QED) is 0.493. The molecule has 0 saturated carbocycles. The van der Waals surface area contributed by atoms with Crippen molar-refractivity contribution in [2.45, 2.75) is 0 Å². The molecule has 0 fully saturated rings. The summed E-state index contributed by atoms with van der Waals surface area (Å²) in [5.41, 5.74) is 12.6. The van der Waals surface area contributed by atoms with Gasteiger partial charge in [0.1, 0.15) is 22.4 Å². The van der Waals surface area contributed by atoms with E-state index >= 15 is 0 Å². The summed E-state index contributed by atoms with van der Waals surface area (Å²) in [6, 6.07) is 5.33. The Morgan fingerprint density at radius 1 is 1.17 bits per heavy atom. The number of primary amides is 2. The van der Waals surface area contributed by atoms with Gasteiger partial charge in [-0.05, 0) is 18.2 Å². The number of anilines is 3. The number of rotatable bonds is 6. The van der Waals surface area contributed by atoms with E-state index in [-0.39, 0.29) is 23.9 Å². The third-order valence-corrected chi connectivity index (χ3v) is 3.55. The van der Waals surface area contributed by atoms with Gasteiger partial charge < -0.3 is 22.1 Å². The minimum Gasteiger partial charge on any atom is -0.368 e. The van der Waals surface area contributed by atoms with Crippen molar-refractivity contribution < 1.29 is 9.59 Å². The van der Waals surface area contributed by atoms with Gasteiger partial charge in [-0.3, -0.25) is 9.59 Å². The molecule has 0 atom stereocenters. The monoisotopic (exact) mass is 344 g/mol. The number of carbonyl (C=O) groups is 2. The van der Waals surface area contributed by atoms with E-state index < -0.39 is 11.8 Å². The number of aromatic nitrogens is 4. The summed E-state index contributed by atoms with van der Waals surface area (Å²) in [6.45, 7) is -0.133. The first-order chi connectivity index (χ1) is 11.5. The van der Waals surface area contributed by atoms with Crippen LogP contribution in [-0.4, -0.2) is 37.1 Å². The van der Waals surface area contributed by atoms with E-state index in [1.165, 1.54) is 6.20 Å². The Kier molecular flexibility index (Phi) is 4.16. The molecule has 3 rings (SSSR count). The van der Waals surface area contributed by atoms with Gasteiger partial charge >= 0.3 is 0 Å². The topological polar surface area (TPSA) is 162 Å². The zero-order valence-corrected chi connectivity index (χ0v) is 13.0. The van der Waals surface area contributed by atoms with E-state index in [9.17, 15) is 9.59 Å². The van der Waals surface area contributed by atoms with Crippen molar-refractivity contribution >= 4 is 52.0 Å². The van der Waals surface area contributed by atoms with Gasteiger partial charge in [-0.1, -0.05) is 0 Å². The number of benzene rings is 1. The van der Waals surface area contributed by atoms with Crippen LogP contribution in [-0.2, 0) is 4.79 Å². The summed E-state index contributed by atoms with van der Waals surface area (Å²) in [6.07, 6.45) is 1.27. The van der Waals surface area contributed by atoms with Crippen molar-refractivity contribution in [2.24, 2.45) is 11.5 Å². The summed E-state index contributed by atoms with van der Waals surface area (Å²) in [5, 5.41) is 5.64. The van der Waals surface area contributed by atoms with Gasteiger partial charge in [0.15, 0.2) is 0 Å². The lowest BCUT2D eigenvalue weighted by atomic mass is 10.2. The van der Waals surface area contributed by atoms with E-state index in [0.717, 1.165) is 17.2 Å². The number of fused-ring (bicyclic) bond motifs is 1. The predicted molar refractivity (Wildman–Crippen MR) is 88.9 cm³/mol. The first-order valence-corrected chi connectivity index (χ1v) is 7.44. The molecule has 122 valence electrons. The summed E-state index contributed by atoms with van der Waals surface area (Å²) >= 11 is 1.11. The van der Waals surface area contributed by atoms with Crippen molar-refractivity contribution in [3.63, 3.8) is 0 Å². The first-order valence-electron chi connectivity index (χ1n) is 6.71. The molecule has 11 heteroatoms. The molecule has 6 N–H and O–H groups in total. The van der Waals surface area contributed by atoms with Gasteiger partial charge in [0.05, 0.1) is 18.3 Å². The molecule has 0 unspecified atom stereocenters. The maximum absolute atomic E-state index is 11.5. The summed E-state index contributed by atoms with van der Waals surface area (Å²) in [4.78, 5) is 30.5. The standard InChI is InChI=1S/C13H12N8O2S/c14-10(22)5-17-13-16-4-7(11(15)23)12(19-13)18-6-1-2-8-9(3-6)21-24-20-8/h1-4H,5H2,(H2,14,22)(H2,15,23)(H2,16,17,18,19). The summed E-state index contributed by atoms with van der Waals surface area (Å²) in [5.74, 6) is -0.909. The Balaban J connectivity index is 1.92. The van der Waals surface area contributed by atoms with Crippen LogP contribution in [0.2, 0.25) is 0 Å². The lowest BCUT2D eigenvalue weighted by Gasteiger charge is -2.11. The second-order valence-electron chi connectivity index (χ2n) is 4.73. The molecule has 0 radical (unpaired) electrons. The average molecular weight is 344 g/mol. The molecular weight excluding hydrogens is 332 g/mol. The molecule has 0 spiro atoms. The van der Waals surface area contributed by atoms with E-state index in [1.54, 1.807) is 18.2 Å². The van der Waals surface area contributed by atoms with Crippen molar-refractivity contribution in [3.8, 4) is 0 Å². The Bertz CT molecular complexity index is 925. The summed E-state index contributed by atoms with van der Waals surface area (Å²) < 4.78 is 8.26. The van der Waals surface area contributed by atoms with Crippen LogP contribution in [0.4, 0.5) is 17.5 Å². The molecule has 1 aromatic carbocycles. The highest BCUT2D eigenvalue weighted by Gasteiger charge is 2.13. The van der Waals surface area contributed by atoms with Crippen LogP contribution in [0.25, 0.3) is 11.0 Å². The SMILES string of the molecule is NC(=O)CNc1ncc(C(N)=O)c(Nc2ccc3nsnc3c2)n1. The highest BCUT2D eigenvalue weighted by molar-refractivity contribution is 7.00. The van der Waals surface area contributed by atoms with Crippen LogP contribution in [0.15, 0.2) is 24.4 Å². The minimum absolute atomic E-state index is 0.108. The largest absolute Gasteiger partial charge is 0.368 e. The molecule has 2 heterocycles. The van der Waals surface area contributed by atoms with Crippen LogP contribution in [0, 0.1) is 0 Å². The zero-order valence-electron chi connectivity index (χ0n) is 12.2. The molecule has 0 saturated heterocycles. The van der Waals surface area contributed by atoms with Crippen molar-refractivity contribution in [1.29, 1.82) is 0 Å². The Morgan fingerprint density at radius 2 is 1.96 bits per heavy atom. The second kappa shape index (κ2) is 6.42. The molecule has 2 amide bonds. The zero-order chi connectivity index (χ0) is 17.1. The highest BCUT2D eigenvalue weighted by atomic mass is 32.1. The molecule has 0 aliphatic heterocycles. The van der Waals surface area contributed by atoms with Crippen molar-refractivity contribution in [2.75, 3.05) is 17.2 Å². The molecule has 2 aromatic heterocycles. The van der Waals surface area contributed by atoms with Crippen LogP contribution in [0.1, 0.15) is 10.4 Å². The van der Waals surface area contributed by atoms with Gasteiger partial charge in [-0.15, -0.1) is 0 Å². The van der Waals surface area contributed by atoms with Crippen LogP contribution < -0.4 is 22.1 Å². The van der Waals surface area contributed by atoms with Gasteiger partial charge in [-0.2, -0.15) is 13.7 Å². The second-order valence-corrected chi connectivity index (χ2v) is 5.26. The fourth-order valence-corrected chi connectivity index (χ4v) is 2.42. The third-order valence-electron chi connectivity index (χ3n) is 2.99. The van der Waals surface area contributed by atoms with Crippen LogP contribution in [0.3, 0.4) is 0 Å². The average Bonchev–Trinajstić information content (AvgIpc) is 3.00. The first kappa shape index (κ1) is 15.6. The molecule has 3 aromatic rings. The summed E-state index contributed by atoms with van der Waals surface area (Å²) in [7, 11) is 0. The smallest absolute Gasteiger partial charge is 0.254 e. The molecule has 0 aliphatic rings. The number of hydrogen-bond acceptors (Lipinski definition) is 9. The molecule has 0 bridgehead atoms. The fourth-order valence-electron chi connectivity index (χ4n) is 1.91. The lowest BCUT2D eigenvalue weighted by molar-refractivity contribution is -0.116. The van der Waals surface area contributed by atoms with Gasteiger partial charge in [0.2, 0.25) is 11.9 Å². The maximum atomic E-state index is 11.5. The normalized spacial score (nSPS) is 10.5. The Morgan fingerprint density at radius 3 is 2.71 bits per heavy atom. The number of nitrogens with two attached hydrogens (primary N) is 2. The van der Waals surface area contributed by atoms with E-state index in [4.69, 9.17) is 11.5 Å². The Labute approximate surface area is 139 Å². The number of hydrogen-bond donors (Lipinski definition) is 4.